The van der Waals surface area contributed by atoms with E-state index in [1.807, 2.05) is 0 Å². The van der Waals surface area contributed by atoms with Crippen LogP contribution in [-0.2, 0) is 4.79 Å². The molecule has 1 aromatic heterocycles. The van der Waals surface area contributed by atoms with E-state index in [9.17, 15) is 4.79 Å². The van der Waals surface area contributed by atoms with Crippen molar-refractivity contribution in [3.8, 4) is 11.4 Å². The summed E-state index contributed by atoms with van der Waals surface area (Å²) in [6.45, 7) is 16.1. The molecule has 0 N–H and O–H groups in total. The summed E-state index contributed by atoms with van der Waals surface area (Å²) in [7, 11) is 0. The van der Waals surface area contributed by atoms with Gasteiger partial charge in [-0.15, -0.1) is 0 Å². The normalized spacial score (nSPS) is 15.3. The quantitative estimate of drug-likeness (QED) is 0.529. The van der Waals surface area contributed by atoms with Gasteiger partial charge in [-0.3, -0.25) is 4.79 Å². The summed E-state index contributed by atoms with van der Waals surface area (Å²) < 4.78 is 0. The molecule has 0 bridgehead atoms. The number of aryl methyl sites for hydroxylation is 2. The Morgan fingerprint density at radius 1 is 1.06 bits per heavy atom. The van der Waals surface area contributed by atoms with Crippen LogP contribution in [0, 0.1) is 19.8 Å². The second-order valence-electron chi connectivity index (χ2n) is 9.45. The Hall–Kier alpha value is -2.43. The second kappa shape index (κ2) is 10.9. The number of aromatic nitrogens is 2. The summed E-state index contributed by atoms with van der Waals surface area (Å²) >= 11 is 0. The van der Waals surface area contributed by atoms with Crippen molar-refractivity contribution in [1.29, 1.82) is 0 Å². The molecule has 32 heavy (non-hydrogen) atoms. The van der Waals surface area contributed by atoms with Crippen LogP contribution in [0.3, 0.4) is 0 Å². The van der Waals surface area contributed by atoms with Crippen LogP contribution in [0.4, 0.5) is 5.82 Å². The summed E-state index contributed by atoms with van der Waals surface area (Å²) in [5.74, 6) is 2.67. The number of hydrogen-bond donors (Lipinski definition) is 0. The number of hydrogen-bond acceptors (Lipinski definition) is 4. The van der Waals surface area contributed by atoms with Gasteiger partial charge in [-0.25, -0.2) is 9.97 Å². The first kappa shape index (κ1) is 24.2. The molecule has 0 spiro atoms. The van der Waals surface area contributed by atoms with Crippen LogP contribution in [0.2, 0.25) is 0 Å². The molecule has 2 aromatic rings. The average Bonchev–Trinajstić information content (AvgIpc) is 2.78. The van der Waals surface area contributed by atoms with Gasteiger partial charge in [0.05, 0.1) is 0 Å². The van der Waals surface area contributed by atoms with Crippen molar-refractivity contribution in [2.75, 3.05) is 31.1 Å². The number of nitrogens with zero attached hydrogens (tertiary/aromatic N) is 4. The third-order valence-electron chi connectivity index (χ3n) is 6.61. The van der Waals surface area contributed by atoms with Crippen LogP contribution in [0.5, 0.6) is 0 Å². The van der Waals surface area contributed by atoms with Gasteiger partial charge < -0.3 is 9.80 Å². The first-order valence-corrected chi connectivity index (χ1v) is 12.3. The monoisotopic (exact) mass is 436 g/mol. The fourth-order valence-corrected chi connectivity index (χ4v) is 4.75. The van der Waals surface area contributed by atoms with Gasteiger partial charge in [0.2, 0.25) is 5.91 Å². The fraction of sp³-hybridized carbons (Fsp3) is 0.593. The van der Waals surface area contributed by atoms with Crippen molar-refractivity contribution in [1.82, 2.24) is 14.9 Å². The smallest absolute Gasteiger partial charge is 0.225 e. The van der Waals surface area contributed by atoms with Gasteiger partial charge in [-0.2, -0.15) is 0 Å². The fourth-order valence-electron chi connectivity index (χ4n) is 4.75. The standard InChI is InChI=1S/C27H40N4O/c1-7-9-12-22(8-2)27(32)31-16-14-30(15-17-31)26-24(19(3)4)21(6)28-25(29-26)23-13-10-11-20(5)18-23/h10-11,13,18-19,22H,7-9,12,14-17H2,1-6H3/t22-/m1/s1. The molecule has 0 saturated carbocycles. The molecule has 1 fully saturated rings. The van der Waals surface area contributed by atoms with E-state index in [0.717, 1.165) is 74.8 Å². The Balaban J connectivity index is 1.83. The zero-order chi connectivity index (χ0) is 23.3. The van der Waals surface area contributed by atoms with Gasteiger partial charge in [0, 0.05) is 48.9 Å². The molecule has 3 rings (SSSR count). The van der Waals surface area contributed by atoms with Crippen LogP contribution in [-0.4, -0.2) is 47.0 Å². The van der Waals surface area contributed by atoms with Crippen molar-refractivity contribution in [2.24, 2.45) is 5.92 Å². The Kier molecular flexibility index (Phi) is 8.27. The van der Waals surface area contributed by atoms with E-state index in [1.54, 1.807) is 0 Å². The Morgan fingerprint density at radius 2 is 1.78 bits per heavy atom. The van der Waals surface area contributed by atoms with Crippen molar-refractivity contribution in [3.63, 3.8) is 0 Å². The van der Waals surface area contributed by atoms with Gasteiger partial charge in [0.15, 0.2) is 5.82 Å². The number of rotatable bonds is 8. The van der Waals surface area contributed by atoms with Crippen molar-refractivity contribution in [2.45, 2.75) is 73.1 Å². The molecule has 1 atom stereocenters. The maximum atomic E-state index is 13.1. The number of unbranched alkanes of at least 4 members (excludes halogenated alkanes) is 1. The topological polar surface area (TPSA) is 49.3 Å². The van der Waals surface area contributed by atoms with E-state index < -0.39 is 0 Å². The van der Waals surface area contributed by atoms with E-state index in [0.29, 0.717) is 11.8 Å². The number of benzene rings is 1. The largest absolute Gasteiger partial charge is 0.353 e. The molecule has 174 valence electrons. The molecule has 0 unspecified atom stereocenters. The lowest BCUT2D eigenvalue weighted by Crippen LogP contribution is -2.51. The van der Waals surface area contributed by atoms with Crippen LogP contribution >= 0.6 is 0 Å². The van der Waals surface area contributed by atoms with Crippen LogP contribution in [0.25, 0.3) is 11.4 Å². The predicted molar refractivity (Wildman–Crippen MR) is 133 cm³/mol. The maximum absolute atomic E-state index is 13.1. The first-order valence-electron chi connectivity index (χ1n) is 12.3. The lowest BCUT2D eigenvalue weighted by atomic mass is 9.97. The lowest BCUT2D eigenvalue weighted by molar-refractivity contribution is -0.136. The zero-order valence-corrected chi connectivity index (χ0v) is 20.8. The summed E-state index contributed by atoms with van der Waals surface area (Å²) in [5.41, 5.74) is 4.53. The number of amides is 1. The van der Waals surface area contributed by atoms with Crippen molar-refractivity contribution >= 4 is 11.7 Å². The van der Waals surface area contributed by atoms with Gasteiger partial charge in [-0.1, -0.05) is 64.3 Å². The number of carbonyl (C=O) groups is 1. The Bertz CT molecular complexity index is 916. The minimum absolute atomic E-state index is 0.168. The summed E-state index contributed by atoms with van der Waals surface area (Å²) in [5, 5.41) is 0. The molecular formula is C27H40N4O. The highest BCUT2D eigenvalue weighted by Crippen LogP contribution is 2.32. The van der Waals surface area contributed by atoms with Crippen molar-refractivity contribution < 1.29 is 4.79 Å². The minimum Gasteiger partial charge on any atom is -0.353 e. The molecule has 2 heterocycles. The third kappa shape index (κ3) is 5.48. The molecule has 0 radical (unpaired) electrons. The van der Waals surface area contributed by atoms with Gasteiger partial charge in [-0.05, 0) is 38.7 Å². The molecule has 1 amide bonds. The molecule has 1 aliphatic rings. The second-order valence-corrected chi connectivity index (χ2v) is 9.45. The van der Waals surface area contributed by atoms with E-state index in [-0.39, 0.29) is 5.92 Å². The van der Waals surface area contributed by atoms with E-state index in [4.69, 9.17) is 9.97 Å². The van der Waals surface area contributed by atoms with Crippen LogP contribution in [0.1, 0.15) is 76.1 Å². The average molecular weight is 437 g/mol. The number of carbonyl (C=O) groups excluding carboxylic acids is 1. The van der Waals surface area contributed by atoms with Crippen molar-refractivity contribution in [3.05, 3.63) is 41.1 Å². The predicted octanol–water partition coefficient (Wildman–Crippen LogP) is 5.75. The molecular weight excluding hydrogens is 396 g/mol. The van der Waals surface area contributed by atoms with E-state index >= 15 is 0 Å². The molecule has 5 nitrogen and oxygen atoms in total. The minimum atomic E-state index is 0.168. The molecule has 1 saturated heterocycles. The molecule has 1 aromatic carbocycles. The highest BCUT2D eigenvalue weighted by atomic mass is 16.2. The van der Waals surface area contributed by atoms with Crippen LogP contribution < -0.4 is 4.90 Å². The highest BCUT2D eigenvalue weighted by molar-refractivity contribution is 5.79. The third-order valence-corrected chi connectivity index (χ3v) is 6.61. The number of anilines is 1. The van der Waals surface area contributed by atoms with E-state index in [2.05, 4.69) is 75.6 Å². The Labute approximate surface area is 194 Å². The summed E-state index contributed by atoms with van der Waals surface area (Å²) in [6, 6.07) is 8.39. The summed E-state index contributed by atoms with van der Waals surface area (Å²) in [4.78, 5) is 27.4. The lowest BCUT2D eigenvalue weighted by Gasteiger charge is -2.38. The number of piperazine rings is 1. The zero-order valence-electron chi connectivity index (χ0n) is 20.8. The highest BCUT2D eigenvalue weighted by Gasteiger charge is 2.28. The molecule has 0 aliphatic carbocycles. The molecule has 1 aliphatic heterocycles. The van der Waals surface area contributed by atoms with Gasteiger partial charge in [0.1, 0.15) is 5.82 Å². The van der Waals surface area contributed by atoms with E-state index in [1.165, 1.54) is 11.1 Å². The summed E-state index contributed by atoms with van der Waals surface area (Å²) in [6.07, 6.45) is 4.21. The maximum Gasteiger partial charge on any atom is 0.225 e. The van der Waals surface area contributed by atoms with Gasteiger partial charge >= 0.3 is 0 Å². The van der Waals surface area contributed by atoms with Gasteiger partial charge in [0.25, 0.3) is 0 Å². The van der Waals surface area contributed by atoms with Crippen LogP contribution in [0.15, 0.2) is 24.3 Å². The first-order chi connectivity index (χ1) is 15.3. The SMILES string of the molecule is CCCC[C@@H](CC)C(=O)N1CCN(c2nc(-c3cccc(C)c3)nc(C)c2C(C)C)CC1. The molecule has 5 heteroatoms. The Morgan fingerprint density at radius 3 is 2.38 bits per heavy atom.